The Morgan fingerprint density at radius 1 is 1.06 bits per heavy atom. The number of nitrogens with zero attached hydrogens (tertiary/aromatic N) is 1. The molecule has 0 aliphatic rings. The van der Waals surface area contributed by atoms with Gasteiger partial charge in [0.1, 0.15) is 6.04 Å². The number of nitriles is 1. The van der Waals surface area contributed by atoms with Crippen molar-refractivity contribution in [3.8, 4) is 6.07 Å². The van der Waals surface area contributed by atoms with Crippen LogP contribution in [-0.2, 0) is 6.54 Å². The van der Waals surface area contributed by atoms with Crippen molar-refractivity contribution < 1.29 is 0 Å². The summed E-state index contributed by atoms with van der Waals surface area (Å²) in [6.45, 7) is 2.73. The number of rotatable bonds is 4. The van der Waals surface area contributed by atoms with Gasteiger partial charge in [0.2, 0.25) is 0 Å². The van der Waals surface area contributed by atoms with Gasteiger partial charge in [-0.05, 0) is 23.6 Å². The summed E-state index contributed by atoms with van der Waals surface area (Å²) >= 11 is 0. The molecule has 2 heteroatoms. The molecule has 1 N–H and O–H groups in total. The zero-order valence-electron chi connectivity index (χ0n) is 10.4. The number of aryl methyl sites for hydroxylation is 1. The Bertz CT molecular complexity index is 541. The summed E-state index contributed by atoms with van der Waals surface area (Å²) in [6.07, 6.45) is 0. The first kappa shape index (κ1) is 12.3. The van der Waals surface area contributed by atoms with Crippen LogP contribution in [0, 0.1) is 18.3 Å². The van der Waals surface area contributed by atoms with E-state index in [1.54, 1.807) is 0 Å². The predicted molar refractivity (Wildman–Crippen MR) is 72.8 cm³/mol. The molecule has 2 aromatic carbocycles. The molecule has 2 aromatic rings. The second-order valence-electron chi connectivity index (χ2n) is 4.29. The summed E-state index contributed by atoms with van der Waals surface area (Å²) in [7, 11) is 0. The molecule has 0 amide bonds. The third-order valence-electron chi connectivity index (χ3n) is 2.98. The maximum Gasteiger partial charge on any atom is 0.121 e. The van der Waals surface area contributed by atoms with Gasteiger partial charge < -0.3 is 0 Å². The van der Waals surface area contributed by atoms with Crippen LogP contribution in [0.25, 0.3) is 0 Å². The van der Waals surface area contributed by atoms with Crippen LogP contribution in [-0.4, -0.2) is 0 Å². The number of benzene rings is 2. The van der Waals surface area contributed by atoms with E-state index >= 15 is 0 Å². The summed E-state index contributed by atoms with van der Waals surface area (Å²) in [5, 5.41) is 12.6. The van der Waals surface area contributed by atoms with E-state index in [2.05, 4.69) is 23.5 Å². The van der Waals surface area contributed by atoms with Crippen LogP contribution in [0.4, 0.5) is 0 Å². The molecule has 0 saturated heterocycles. The molecule has 0 fully saturated rings. The standard InChI is InChI=1S/C16H16N2/c1-13-7-5-6-10-15(13)16(11-17)18-12-14-8-3-2-4-9-14/h2-10,16,18H,12H2,1H3/t16-/m0/s1. The van der Waals surface area contributed by atoms with E-state index in [1.165, 1.54) is 5.56 Å². The van der Waals surface area contributed by atoms with Crippen LogP contribution in [0.1, 0.15) is 22.7 Å². The van der Waals surface area contributed by atoms with Gasteiger partial charge in [0.05, 0.1) is 6.07 Å². The summed E-state index contributed by atoms with van der Waals surface area (Å²) < 4.78 is 0. The average Bonchev–Trinajstić information content (AvgIpc) is 2.42. The van der Waals surface area contributed by atoms with Crippen LogP contribution in [0.15, 0.2) is 54.6 Å². The lowest BCUT2D eigenvalue weighted by atomic mass is 10.0. The highest BCUT2D eigenvalue weighted by Gasteiger charge is 2.11. The molecule has 0 saturated carbocycles. The SMILES string of the molecule is Cc1ccccc1[C@H](C#N)NCc1ccccc1. The van der Waals surface area contributed by atoms with Crippen LogP contribution in [0.2, 0.25) is 0 Å². The quantitative estimate of drug-likeness (QED) is 0.883. The molecule has 0 aliphatic heterocycles. The normalized spacial score (nSPS) is 11.8. The van der Waals surface area contributed by atoms with E-state index in [9.17, 15) is 5.26 Å². The van der Waals surface area contributed by atoms with E-state index in [1.807, 2.05) is 49.4 Å². The summed E-state index contributed by atoms with van der Waals surface area (Å²) in [4.78, 5) is 0. The van der Waals surface area contributed by atoms with Gasteiger partial charge in [-0.1, -0.05) is 54.6 Å². The van der Waals surface area contributed by atoms with E-state index in [0.29, 0.717) is 6.54 Å². The summed E-state index contributed by atoms with van der Waals surface area (Å²) in [5.41, 5.74) is 3.38. The Balaban J connectivity index is 2.08. The molecule has 2 nitrogen and oxygen atoms in total. The van der Waals surface area contributed by atoms with Gasteiger partial charge in [0.15, 0.2) is 0 Å². The third-order valence-corrected chi connectivity index (χ3v) is 2.98. The van der Waals surface area contributed by atoms with Gasteiger partial charge in [0.25, 0.3) is 0 Å². The predicted octanol–water partition coefficient (Wildman–Crippen LogP) is 3.35. The molecule has 0 unspecified atom stereocenters. The average molecular weight is 236 g/mol. The second-order valence-corrected chi connectivity index (χ2v) is 4.29. The fourth-order valence-electron chi connectivity index (χ4n) is 1.95. The molecule has 0 aromatic heterocycles. The zero-order chi connectivity index (χ0) is 12.8. The Morgan fingerprint density at radius 3 is 2.39 bits per heavy atom. The van der Waals surface area contributed by atoms with Crippen LogP contribution >= 0.6 is 0 Å². The number of hydrogen-bond donors (Lipinski definition) is 1. The van der Waals surface area contributed by atoms with Gasteiger partial charge in [-0.2, -0.15) is 5.26 Å². The van der Waals surface area contributed by atoms with Crippen molar-refractivity contribution in [3.63, 3.8) is 0 Å². The van der Waals surface area contributed by atoms with Crippen LogP contribution in [0.3, 0.4) is 0 Å². The topological polar surface area (TPSA) is 35.8 Å². The van der Waals surface area contributed by atoms with Gasteiger partial charge in [0, 0.05) is 6.54 Å². The van der Waals surface area contributed by atoms with Crippen LogP contribution < -0.4 is 5.32 Å². The highest BCUT2D eigenvalue weighted by Crippen LogP contribution is 2.17. The summed E-state index contributed by atoms with van der Waals surface area (Å²) in [5.74, 6) is 0. The van der Waals surface area contributed by atoms with Gasteiger partial charge in [-0.25, -0.2) is 0 Å². The maximum atomic E-state index is 9.27. The minimum atomic E-state index is -0.258. The smallest absolute Gasteiger partial charge is 0.121 e. The third kappa shape index (κ3) is 2.97. The van der Waals surface area contributed by atoms with E-state index < -0.39 is 0 Å². The van der Waals surface area contributed by atoms with Crippen molar-refractivity contribution >= 4 is 0 Å². The molecular formula is C16H16N2. The molecule has 2 rings (SSSR count). The fourth-order valence-corrected chi connectivity index (χ4v) is 1.95. The molecule has 0 radical (unpaired) electrons. The van der Waals surface area contributed by atoms with Gasteiger partial charge in [-0.15, -0.1) is 0 Å². The van der Waals surface area contributed by atoms with E-state index in [-0.39, 0.29) is 6.04 Å². The lowest BCUT2D eigenvalue weighted by molar-refractivity contribution is 0.628. The summed E-state index contributed by atoms with van der Waals surface area (Å²) in [6, 6.07) is 20.2. The van der Waals surface area contributed by atoms with Crippen LogP contribution in [0.5, 0.6) is 0 Å². The van der Waals surface area contributed by atoms with Crippen molar-refractivity contribution in [2.75, 3.05) is 0 Å². The van der Waals surface area contributed by atoms with Crippen molar-refractivity contribution in [1.29, 1.82) is 5.26 Å². The number of hydrogen-bond acceptors (Lipinski definition) is 2. The van der Waals surface area contributed by atoms with Gasteiger partial charge >= 0.3 is 0 Å². The first-order chi connectivity index (χ1) is 8.81. The Hall–Kier alpha value is -2.11. The van der Waals surface area contributed by atoms with Crippen molar-refractivity contribution in [1.82, 2.24) is 5.32 Å². The lowest BCUT2D eigenvalue weighted by Gasteiger charge is -2.14. The zero-order valence-corrected chi connectivity index (χ0v) is 10.4. The highest BCUT2D eigenvalue weighted by atomic mass is 14.9. The molecule has 1 atom stereocenters. The van der Waals surface area contributed by atoms with Crippen molar-refractivity contribution in [2.24, 2.45) is 0 Å². The Kier molecular flexibility index (Phi) is 4.11. The second kappa shape index (κ2) is 6.00. The Morgan fingerprint density at radius 2 is 1.72 bits per heavy atom. The largest absolute Gasteiger partial charge is 0.294 e. The molecule has 0 heterocycles. The monoisotopic (exact) mass is 236 g/mol. The van der Waals surface area contributed by atoms with Gasteiger partial charge in [-0.3, -0.25) is 5.32 Å². The minimum absolute atomic E-state index is 0.258. The van der Waals surface area contributed by atoms with E-state index in [4.69, 9.17) is 0 Å². The highest BCUT2D eigenvalue weighted by molar-refractivity contribution is 5.32. The molecule has 18 heavy (non-hydrogen) atoms. The minimum Gasteiger partial charge on any atom is -0.294 e. The van der Waals surface area contributed by atoms with E-state index in [0.717, 1.165) is 11.1 Å². The van der Waals surface area contributed by atoms with Crippen molar-refractivity contribution in [3.05, 3.63) is 71.3 Å². The number of nitrogens with one attached hydrogen (secondary N) is 1. The molecule has 0 aliphatic carbocycles. The lowest BCUT2D eigenvalue weighted by Crippen LogP contribution is -2.20. The molecule has 90 valence electrons. The first-order valence-corrected chi connectivity index (χ1v) is 6.03. The first-order valence-electron chi connectivity index (χ1n) is 6.03. The Labute approximate surface area is 108 Å². The molecular weight excluding hydrogens is 220 g/mol. The maximum absolute atomic E-state index is 9.27. The molecule has 0 spiro atoms. The fraction of sp³-hybridized carbons (Fsp3) is 0.188. The molecule has 0 bridgehead atoms. The van der Waals surface area contributed by atoms with Crippen molar-refractivity contribution in [2.45, 2.75) is 19.5 Å².